The Kier molecular flexibility index (Phi) is 32.2. The predicted octanol–water partition coefficient (Wildman–Crippen LogP) is 0.779. The van der Waals surface area contributed by atoms with E-state index in [2.05, 4.69) is 35.1 Å². The molecule has 2 aliphatic heterocycles. The summed E-state index contributed by atoms with van der Waals surface area (Å²) in [5, 5.41) is 20.8. The first-order valence-electron chi connectivity index (χ1n) is 5.68. The molecule has 0 amide bonds. The highest BCUT2D eigenvalue weighted by Crippen LogP contribution is 2.05. The van der Waals surface area contributed by atoms with Crippen LogP contribution in [0.4, 0.5) is 0 Å². The minimum Gasteiger partial charge on any atom is -0.400 e. The molecule has 2 rings (SSSR count). The van der Waals surface area contributed by atoms with E-state index in [1.54, 1.807) is 23.5 Å². The van der Waals surface area contributed by atoms with Crippen LogP contribution in [-0.4, -0.2) is 68.0 Å². The molecular weight excluding hydrogens is 387 g/mol. The molecule has 124 valence electrons. The van der Waals surface area contributed by atoms with Crippen molar-refractivity contribution >= 4 is 85.4 Å². The standard InChI is InChI=1S/2C3H5NS2.C2H7NO.CH4O.CS2/c2*5-3-4-1-2-6-3;3-1-2-4;1-2;2-1-3/h2*1-2H2,(H,4,5);4H,1-3H2;2H,1H3;. The number of hydrogen-bond acceptors (Lipinski definition) is 9. The minimum atomic E-state index is 0.0972. The SMILES string of the molecule is CO.NCCO.S=C1NCCS1.S=C1NCCS1.S=C=S. The molecule has 0 unspecified atom stereocenters. The van der Waals surface area contributed by atoms with Crippen LogP contribution in [-0.2, 0) is 0 Å². The zero-order chi connectivity index (χ0) is 16.9. The molecule has 0 spiro atoms. The van der Waals surface area contributed by atoms with E-state index in [-0.39, 0.29) is 6.61 Å². The van der Waals surface area contributed by atoms with Crippen LogP contribution in [0.2, 0.25) is 0 Å². The highest BCUT2D eigenvalue weighted by molar-refractivity contribution is 8.23. The van der Waals surface area contributed by atoms with Crippen molar-refractivity contribution in [3.05, 3.63) is 0 Å². The van der Waals surface area contributed by atoms with Crippen LogP contribution < -0.4 is 16.4 Å². The summed E-state index contributed by atoms with van der Waals surface area (Å²) < 4.78 is 3.82. The lowest BCUT2D eigenvalue weighted by molar-refractivity contribution is 0.306. The molecule has 2 aliphatic rings. The first kappa shape index (κ1) is 26.5. The van der Waals surface area contributed by atoms with Crippen molar-refractivity contribution in [2.45, 2.75) is 0 Å². The van der Waals surface area contributed by atoms with Crippen LogP contribution in [0.1, 0.15) is 0 Å². The third-order valence-electron chi connectivity index (χ3n) is 1.34. The first-order chi connectivity index (χ1) is 10.1. The monoisotopic (exact) mass is 407 g/mol. The fourth-order valence-electron chi connectivity index (χ4n) is 0.696. The van der Waals surface area contributed by atoms with Crippen molar-refractivity contribution in [1.82, 2.24) is 10.6 Å². The van der Waals surface area contributed by atoms with E-state index in [4.69, 9.17) is 40.4 Å². The van der Waals surface area contributed by atoms with Crippen molar-refractivity contribution in [3.8, 4) is 0 Å². The number of nitrogens with one attached hydrogen (secondary N) is 2. The lowest BCUT2D eigenvalue weighted by atomic mass is 10.8. The lowest BCUT2D eigenvalue weighted by Crippen LogP contribution is -2.09. The molecule has 0 radical (unpaired) electrons. The van der Waals surface area contributed by atoms with Crippen molar-refractivity contribution in [2.75, 3.05) is 44.9 Å². The zero-order valence-electron chi connectivity index (χ0n) is 11.7. The number of rotatable bonds is 1. The van der Waals surface area contributed by atoms with Crippen LogP contribution in [0, 0.1) is 0 Å². The number of thiocarbonyl (C=S) groups is 4. The van der Waals surface area contributed by atoms with Gasteiger partial charge >= 0.3 is 0 Å². The van der Waals surface area contributed by atoms with Crippen molar-refractivity contribution < 1.29 is 10.2 Å². The van der Waals surface area contributed by atoms with E-state index in [1.165, 1.54) is 0 Å². The maximum atomic E-state index is 7.75. The van der Waals surface area contributed by atoms with E-state index in [1.807, 2.05) is 4.31 Å². The number of aliphatic hydroxyl groups excluding tert-OH is 2. The second-order valence-electron chi connectivity index (χ2n) is 2.72. The molecule has 2 fully saturated rings. The molecule has 2 saturated heterocycles. The second kappa shape index (κ2) is 25.5. The molecular formula is C10H21N3O2S6. The van der Waals surface area contributed by atoms with Crippen LogP contribution in [0.3, 0.4) is 0 Å². The largest absolute Gasteiger partial charge is 0.400 e. The summed E-state index contributed by atoms with van der Waals surface area (Å²) in [6.07, 6.45) is 0. The number of hydrogen-bond donors (Lipinski definition) is 5. The average Bonchev–Trinajstić information content (AvgIpc) is 3.16. The fraction of sp³-hybridized carbons (Fsp3) is 0.700. The highest BCUT2D eigenvalue weighted by atomic mass is 32.2. The number of aliphatic hydroxyl groups is 2. The van der Waals surface area contributed by atoms with E-state index >= 15 is 0 Å². The average molecular weight is 408 g/mol. The molecule has 5 nitrogen and oxygen atoms in total. The van der Waals surface area contributed by atoms with Gasteiger partial charge in [0, 0.05) is 42.6 Å². The molecule has 0 aromatic carbocycles. The molecule has 2 heterocycles. The normalized spacial score (nSPS) is 14.1. The molecule has 0 aromatic rings. The van der Waals surface area contributed by atoms with Gasteiger partial charge in [-0.15, -0.1) is 0 Å². The first-order valence-corrected chi connectivity index (χ1v) is 9.29. The second-order valence-corrected chi connectivity index (χ2v) is 6.93. The fourth-order valence-corrected chi connectivity index (χ4v) is 2.59. The van der Waals surface area contributed by atoms with Gasteiger partial charge in [-0.3, -0.25) is 0 Å². The number of thioether (sulfide) groups is 2. The Hall–Kier alpha value is 0.580. The van der Waals surface area contributed by atoms with Gasteiger partial charge in [-0.05, 0) is 24.4 Å². The van der Waals surface area contributed by atoms with Crippen LogP contribution in [0.15, 0.2) is 0 Å². The molecule has 21 heavy (non-hydrogen) atoms. The van der Waals surface area contributed by atoms with Gasteiger partial charge in [-0.1, -0.05) is 48.0 Å². The Labute approximate surface area is 156 Å². The molecule has 6 N–H and O–H groups in total. The topological polar surface area (TPSA) is 90.5 Å². The lowest BCUT2D eigenvalue weighted by Gasteiger charge is -1.82. The van der Waals surface area contributed by atoms with Gasteiger partial charge < -0.3 is 26.6 Å². The highest BCUT2D eigenvalue weighted by Gasteiger charge is 2.02. The van der Waals surface area contributed by atoms with Gasteiger partial charge in [-0.2, -0.15) is 0 Å². The Morgan fingerprint density at radius 2 is 1.38 bits per heavy atom. The van der Waals surface area contributed by atoms with E-state index in [0.717, 1.165) is 40.3 Å². The Bertz CT molecular complexity index is 250. The van der Waals surface area contributed by atoms with Crippen LogP contribution in [0.25, 0.3) is 0 Å². The summed E-state index contributed by atoms with van der Waals surface area (Å²) in [4.78, 5) is 0. The van der Waals surface area contributed by atoms with Crippen molar-refractivity contribution in [3.63, 3.8) is 0 Å². The Balaban J connectivity index is -0.000000205. The maximum absolute atomic E-state index is 7.75. The van der Waals surface area contributed by atoms with Crippen LogP contribution in [0.5, 0.6) is 0 Å². The van der Waals surface area contributed by atoms with Gasteiger partial charge in [0.15, 0.2) is 0 Å². The minimum absolute atomic E-state index is 0.0972. The Morgan fingerprint density at radius 3 is 1.43 bits per heavy atom. The molecule has 0 aromatic heterocycles. The summed E-state index contributed by atoms with van der Waals surface area (Å²) in [7, 11) is 1.00. The van der Waals surface area contributed by atoms with Gasteiger partial charge in [0.2, 0.25) is 0 Å². The van der Waals surface area contributed by atoms with Crippen molar-refractivity contribution in [1.29, 1.82) is 0 Å². The number of nitrogens with two attached hydrogens (primary N) is 1. The zero-order valence-corrected chi connectivity index (χ0v) is 16.6. The third-order valence-corrected chi connectivity index (χ3v) is 3.96. The maximum Gasteiger partial charge on any atom is 0.133 e. The quantitative estimate of drug-likeness (QED) is 0.399. The Morgan fingerprint density at radius 1 is 1.10 bits per heavy atom. The van der Waals surface area contributed by atoms with E-state index in [9.17, 15) is 0 Å². The smallest absolute Gasteiger partial charge is 0.133 e. The summed E-state index contributed by atoms with van der Waals surface area (Å²) in [6, 6.07) is 0. The van der Waals surface area contributed by atoms with E-state index < -0.39 is 0 Å². The summed E-state index contributed by atoms with van der Waals surface area (Å²) in [5.41, 5.74) is 4.78. The van der Waals surface area contributed by atoms with Crippen LogP contribution >= 0.6 is 72.4 Å². The molecule has 11 heteroatoms. The van der Waals surface area contributed by atoms with E-state index in [0.29, 0.717) is 6.54 Å². The summed E-state index contributed by atoms with van der Waals surface area (Å²) >= 11 is 20.9. The molecule has 0 bridgehead atoms. The van der Waals surface area contributed by atoms with Gasteiger partial charge in [-0.25, -0.2) is 0 Å². The van der Waals surface area contributed by atoms with Gasteiger partial charge in [0.05, 0.1) is 6.61 Å². The predicted molar refractivity (Wildman–Crippen MR) is 111 cm³/mol. The van der Waals surface area contributed by atoms with Crippen molar-refractivity contribution in [2.24, 2.45) is 5.73 Å². The summed E-state index contributed by atoms with van der Waals surface area (Å²) in [5.74, 6) is 2.30. The third kappa shape index (κ3) is 29.3. The molecule has 0 aliphatic carbocycles. The summed E-state index contributed by atoms with van der Waals surface area (Å²) in [6.45, 7) is 2.59. The molecule has 0 saturated carbocycles. The van der Waals surface area contributed by atoms with Gasteiger partial charge in [0.25, 0.3) is 0 Å². The molecule has 0 atom stereocenters. The van der Waals surface area contributed by atoms with Gasteiger partial charge in [0.1, 0.15) is 8.64 Å².